The zero-order valence-corrected chi connectivity index (χ0v) is 10.6. The van der Waals surface area contributed by atoms with Crippen LogP contribution in [0.25, 0.3) is 10.9 Å². The van der Waals surface area contributed by atoms with Gasteiger partial charge in [-0.25, -0.2) is 4.39 Å². The van der Waals surface area contributed by atoms with Crippen molar-refractivity contribution in [2.45, 2.75) is 0 Å². The maximum absolute atomic E-state index is 13.1. The molecular weight excluding hydrogens is 275 g/mol. The first kappa shape index (κ1) is 12.9. The average molecular weight is 284 g/mol. The standard InChI is InChI=1S/C14H9FN4O2/c15-9-3-4-10-11(6-9)17-14(21)12(10)18-19-13(20)8-2-1-5-16-7-8/h1-7,17,21H. The molecule has 2 aromatic heterocycles. The highest BCUT2D eigenvalue weighted by atomic mass is 19.1. The van der Waals surface area contributed by atoms with E-state index in [2.05, 4.69) is 20.2 Å². The highest BCUT2D eigenvalue weighted by Gasteiger charge is 2.12. The van der Waals surface area contributed by atoms with Crippen LogP contribution in [0, 0.1) is 5.82 Å². The van der Waals surface area contributed by atoms with Gasteiger partial charge < -0.3 is 10.1 Å². The molecule has 1 amide bonds. The molecular formula is C14H9FN4O2. The lowest BCUT2D eigenvalue weighted by Crippen LogP contribution is -1.93. The number of H-pyrrole nitrogens is 1. The van der Waals surface area contributed by atoms with Gasteiger partial charge >= 0.3 is 0 Å². The molecule has 2 heterocycles. The molecule has 7 heteroatoms. The fraction of sp³-hybridized carbons (Fsp3) is 0. The fourth-order valence-corrected chi connectivity index (χ4v) is 1.88. The van der Waals surface area contributed by atoms with E-state index in [-0.39, 0.29) is 17.1 Å². The molecule has 0 aliphatic heterocycles. The quantitative estimate of drug-likeness (QED) is 0.707. The van der Waals surface area contributed by atoms with Crippen molar-refractivity contribution in [3.8, 4) is 5.88 Å². The number of nitrogens with one attached hydrogen (secondary N) is 1. The van der Waals surface area contributed by atoms with Crippen LogP contribution in [0.15, 0.2) is 53.0 Å². The number of carbonyl (C=O) groups excluding carboxylic acids is 1. The summed E-state index contributed by atoms with van der Waals surface area (Å²) in [5.74, 6) is -1.31. The Kier molecular flexibility index (Phi) is 3.15. The Morgan fingerprint density at radius 2 is 2.19 bits per heavy atom. The van der Waals surface area contributed by atoms with E-state index >= 15 is 0 Å². The molecule has 0 fully saturated rings. The van der Waals surface area contributed by atoms with Crippen LogP contribution in [0.1, 0.15) is 10.4 Å². The number of hydrogen-bond acceptors (Lipinski definition) is 4. The number of aromatic amines is 1. The SMILES string of the molecule is O=C(N=Nc1c(O)[nH]c2cc(F)ccc12)c1cccnc1. The second-order valence-electron chi connectivity index (χ2n) is 4.26. The topological polar surface area (TPSA) is 90.7 Å². The Morgan fingerprint density at radius 3 is 2.95 bits per heavy atom. The van der Waals surface area contributed by atoms with Crippen molar-refractivity contribution in [1.82, 2.24) is 9.97 Å². The molecule has 0 bridgehead atoms. The summed E-state index contributed by atoms with van der Waals surface area (Å²) in [5.41, 5.74) is 0.740. The van der Waals surface area contributed by atoms with Crippen molar-refractivity contribution in [2.24, 2.45) is 10.2 Å². The molecule has 6 nitrogen and oxygen atoms in total. The molecule has 0 unspecified atom stereocenters. The minimum Gasteiger partial charge on any atom is -0.493 e. The number of fused-ring (bicyclic) bond motifs is 1. The first-order valence-electron chi connectivity index (χ1n) is 6.01. The van der Waals surface area contributed by atoms with E-state index in [1.807, 2.05) is 0 Å². The van der Waals surface area contributed by atoms with Crippen molar-refractivity contribution < 1.29 is 14.3 Å². The normalized spacial score (nSPS) is 11.3. The maximum Gasteiger partial charge on any atom is 0.296 e. The second-order valence-corrected chi connectivity index (χ2v) is 4.26. The van der Waals surface area contributed by atoms with Crippen LogP contribution >= 0.6 is 0 Å². The molecule has 104 valence electrons. The molecule has 0 spiro atoms. The summed E-state index contributed by atoms with van der Waals surface area (Å²) in [4.78, 5) is 18.2. The summed E-state index contributed by atoms with van der Waals surface area (Å²) < 4.78 is 13.1. The van der Waals surface area contributed by atoms with Crippen LogP contribution in [0.2, 0.25) is 0 Å². The highest BCUT2D eigenvalue weighted by Crippen LogP contribution is 2.35. The zero-order chi connectivity index (χ0) is 14.8. The maximum atomic E-state index is 13.1. The van der Waals surface area contributed by atoms with E-state index in [1.54, 1.807) is 12.1 Å². The van der Waals surface area contributed by atoms with E-state index in [0.717, 1.165) is 0 Å². The van der Waals surface area contributed by atoms with Crippen molar-refractivity contribution in [3.63, 3.8) is 0 Å². The number of benzene rings is 1. The van der Waals surface area contributed by atoms with E-state index in [9.17, 15) is 14.3 Å². The summed E-state index contributed by atoms with van der Waals surface area (Å²) in [6.07, 6.45) is 2.90. The van der Waals surface area contributed by atoms with Crippen LogP contribution in [-0.4, -0.2) is 21.0 Å². The molecule has 3 rings (SSSR count). The third-order valence-corrected chi connectivity index (χ3v) is 2.86. The fourth-order valence-electron chi connectivity index (χ4n) is 1.88. The number of aromatic hydroxyl groups is 1. The number of nitrogens with zero attached hydrogens (tertiary/aromatic N) is 3. The molecule has 0 saturated heterocycles. The number of amides is 1. The van der Waals surface area contributed by atoms with Gasteiger partial charge in [-0.05, 0) is 30.3 Å². The molecule has 2 N–H and O–H groups in total. The summed E-state index contributed by atoms with van der Waals surface area (Å²) >= 11 is 0. The van der Waals surface area contributed by atoms with Gasteiger partial charge in [-0.15, -0.1) is 10.2 Å². The van der Waals surface area contributed by atoms with Gasteiger partial charge in [0.1, 0.15) is 5.82 Å². The lowest BCUT2D eigenvalue weighted by molar-refractivity contribution is 0.0994. The zero-order valence-electron chi connectivity index (χ0n) is 10.6. The smallest absolute Gasteiger partial charge is 0.296 e. The first-order valence-corrected chi connectivity index (χ1v) is 6.01. The van der Waals surface area contributed by atoms with Gasteiger partial charge in [0.2, 0.25) is 5.88 Å². The minimum absolute atomic E-state index is 0.0854. The largest absolute Gasteiger partial charge is 0.493 e. The molecule has 0 radical (unpaired) electrons. The molecule has 21 heavy (non-hydrogen) atoms. The van der Waals surface area contributed by atoms with Gasteiger partial charge in [0.25, 0.3) is 5.91 Å². The Balaban J connectivity index is 1.96. The van der Waals surface area contributed by atoms with Crippen molar-refractivity contribution in [2.75, 3.05) is 0 Å². The number of hydrogen-bond donors (Lipinski definition) is 2. The Morgan fingerprint density at radius 1 is 1.33 bits per heavy atom. The van der Waals surface area contributed by atoms with Crippen molar-refractivity contribution >= 4 is 22.5 Å². The molecule has 0 aliphatic carbocycles. The van der Waals surface area contributed by atoms with E-state index in [1.165, 1.54) is 30.6 Å². The van der Waals surface area contributed by atoms with Gasteiger partial charge in [-0.2, -0.15) is 0 Å². The predicted molar refractivity (Wildman–Crippen MR) is 73.0 cm³/mol. The highest BCUT2D eigenvalue weighted by molar-refractivity contribution is 5.96. The second kappa shape index (κ2) is 5.12. The van der Waals surface area contributed by atoms with Gasteiger partial charge in [-0.3, -0.25) is 9.78 Å². The molecule has 0 atom stereocenters. The monoisotopic (exact) mass is 284 g/mol. The number of aromatic nitrogens is 2. The van der Waals surface area contributed by atoms with Gasteiger partial charge in [0.15, 0.2) is 5.69 Å². The van der Waals surface area contributed by atoms with E-state index < -0.39 is 11.7 Å². The number of pyridine rings is 1. The van der Waals surface area contributed by atoms with Crippen LogP contribution < -0.4 is 0 Å². The van der Waals surface area contributed by atoms with Gasteiger partial charge in [0.05, 0.1) is 11.1 Å². The van der Waals surface area contributed by atoms with Crippen LogP contribution in [-0.2, 0) is 0 Å². The van der Waals surface area contributed by atoms with Crippen LogP contribution in [0.4, 0.5) is 10.1 Å². The summed E-state index contributed by atoms with van der Waals surface area (Å²) in [5, 5.41) is 17.5. The first-order chi connectivity index (χ1) is 10.1. The molecule has 3 aromatic rings. The minimum atomic E-state index is -0.584. The van der Waals surface area contributed by atoms with Crippen LogP contribution in [0.5, 0.6) is 5.88 Å². The number of carbonyl (C=O) groups is 1. The third kappa shape index (κ3) is 2.48. The lowest BCUT2D eigenvalue weighted by Gasteiger charge is -1.93. The number of azo groups is 1. The lowest BCUT2D eigenvalue weighted by atomic mass is 10.2. The third-order valence-electron chi connectivity index (χ3n) is 2.86. The summed E-state index contributed by atoms with van der Waals surface area (Å²) in [6, 6.07) is 7.06. The average Bonchev–Trinajstić information content (AvgIpc) is 2.80. The van der Waals surface area contributed by atoms with Gasteiger partial charge in [0, 0.05) is 17.8 Å². The Labute approximate surface area is 118 Å². The summed E-state index contributed by atoms with van der Waals surface area (Å²) in [7, 11) is 0. The molecule has 0 aliphatic rings. The number of rotatable bonds is 2. The Bertz CT molecular complexity index is 843. The van der Waals surface area contributed by atoms with Crippen molar-refractivity contribution in [3.05, 3.63) is 54.1 Å². The Hall–Kier alpha value is -3.09. The molecule has 1 aromatic carbocycles. The molecule has 0 saturated carbocycles. The van der Waals surface area contributed by atoms with Crippen LogP contribution in [0.3, 0.4) is 0 Å². The predicted octanol–water partition coefficient (Wildman–Crippen LogP) is 3.33. The summed E-state index contributed by atoms with van der Waals surface area (Å²) in [6.45, 7) is 0. The van der Waals surface area contributed by atoms with Gasteiger partial charge in [-0.1, -0.05) is 0 Å². The van der Waals surface area contributed by atoms with Crippen molar-refractivity contribution in [1.29, 1.82) is 0 Å². The van der Waals surface area contributed by atoms with E-state index in [0.29, 0.717) is 10.9 Å². The van der Waals surface area contributed by atoms with E-state index in [4.69, 9.17) is 0 Å². The number of halogens is 1.